The molecule has 2 heterocycles. The highest BCUT2D eigenvalue weighted by Gasteiger charge is 2.17. The molecular weight excluding hydrogens is 446 g/mol. The van der Waals surface area contributed by atoms with Crippen molar-refractivity contribution in [1.29, 1.82) is 0 Å². The number of carbonyl (C=O) groups is 1. The van der Waals surface area contributed by atoms with Crippen molar-refractivity contribution in [2.24, 2.45) is 0 Å². The Labute approximate surface area is 189 Å². The Morgan fingerprint density at radius 3 is 2.22 bits per heavy atom. The Balaban J connectivity index is 1.46. The van der Waals surface area contributed by atoms with Crippen molar-refractivity contribution >= 4 is 32.4 Å². The van der Waals surface area contributed by atoms with E-state index in [2.05, 4.69) is 20.3 Å². The molecule has 32 heavy (non-hydrogen) atoms. The molecule has 1 N–H and O–H groups in total. The first kappa shape index (κ1) is 21.8. The molecule has 0 atom stereocenters. The van der Waals surface area contributed by atoms with Crippen LogP contribution in [0.25, 0.3) is 22.6 Å². The minimum Gasteiger partial charge on any atom is -0.298 e. The van der Waals surface area contributed by atoms with Crippen molar-refractivity contribution in [3.63, 3.8) is 0 Å². The largest absolute Gasteiger partial charge is 0.298 e. The summed E-state index contributed by atoms with van der Waals surface area (Å²) in [6, 6.07) is 15.9. The number of sulfonamides is 1. The molecule has 0 fully saturated rings. The van der Waals surface area contributed by atoms with Crippen LogP contribution in [0.2, 0.25) is 0 Å². The molecule has 0 aliphatic carbocycles. The fourth-order valence-corrected chi connectivity index (χ4v) is 4.44. The molecule has 4 aromatic rings. The predicted octanol–water partition coefficient (Wildman–Crippen LogP) is 3.77. The SMILES string of the molecule is CN(C)S(=O)(=O)c1ccc(-c2csc(NC(=O)c3cnc(-c4ccccc4)nc3)n2)cc1. The quantitative estimate of drug-likeness (QED) is 0.465. The van der Waals surface area contributed by atoms with Crippen LogP contribution in [0.3, 0.4) is 0 Å². The smallest absolute Gasteiger partial charge is 0.260 e. The number of aromatic nitrogens is 3. The van der Waals surface area contributed by atoms with Crippen LogP contribution in [0.1, 0.15) is 10.4 Å². The molecule has 8 nitrogen and oxygen atoms in total. The van der Waals surface area contributed by atoms with Crippen LogP contribution in [0.5, 0.6) is 0 Å². The summed E-state index contributed by atoms with van der Waals surface area (Å²) in [5.41, 5.74) is 2.57. The molecule has 0 unspecified atom stereocenters. The first-order valence-electron chi connectivity index (χ1n) is 9.52. The lowest BCUT2D eigenvalue weighted by atomic mass is 10.2. The highest BCUT2D eigenvalue weighted by atomic mass is 32.2. The van der Waals surface area contributed by atoms with E-state index in [-0.39, 0.29) is 10.8 Å². The maximum Gasteiger partial charge on any atom is 0.260 e. The third-order valence-corrected chi connectivity index (χ3v) is 7.19. The summed E-state index contributed by atoms with van der Waals surface area (Å²) in [5.74, 6) is 0.177. The molecule has 2 aromatic carbocycles. The zero-order chi connectivity index (χ0) is 22.7. The van der Waals surface area contributed by atoms with E-state index in [1.807, 2.05) is 30.3 Å². The number of nitrogens with zero attached hydrogens (tertiary/aromatic N) is 4. The maximum atomic E-state index is 12.5. The fraction of sp³-hybridized carbons (Fsp3) is 0.0909. The molecule has 0 radical (unpaired) electrons. The van der Waals surface area contributed by atoms with Gasteiger partial charge in [-0.15, -0.1) is 11.3 Å². The summed E-state index contributed by atoms with van der Waals surface area (Å²) in [6.07, 6.45) is 2.95. The number of hydrogen-bond acceptors (Lipinski definition) is 7. The second-order valence-corrected chi connectivity index (χ2v) is 9.98. The van der Waals surface area contributed by atoms with Crippen LogP contribution in [0, 0.1) is 0 Å². The maximum absolute atomic E-state index is 12.5. The highest BCUT2D eigenvalue weighted by Crippen LogP contribution is 2.26. The van der Waals surface area contributed by atoms with Gasteiger partial charge >= 0.3 is 0 Å². The number of nitrogens with one attached hydrogen (secondary N) is 1. The van der Waals surface area contributed by atoms with E-state index in [1.165, 1.54) is 50.0 Å². The fourth-order valence-electron chi connectivity index (χ4n) is 2.82. The van der Waals surface area contributed by atoms with Crippen molar-refractivity contribution in [2.75, 3.05) is 19.4 Å². The number of amides is 1. The topological polar surface area (TPSA) is 105 Å². The lowest BCUT2D eigenvalue weighted by Gasteiger charge is -2.11. The molecule has 4 rings (SSSR count). The summed E-state index contributed by atoms with van der Waals surface area (Å²) in [5, 5.41) is 4.95. The van der Waals surface area contributed by atoms with Gasteiger partial charge in [-0.1, -0.05) is 42.5 Å². The number of carbonyl (C=O) groups excluding carboxylic acids is 1. The number of benzene rings is 2. The van der Waals surface area contributed by atoms with Gasteiger partial charge in [-0.2, -0.15) is 0 Å². The lowest BCUT2D eigenvalue weighted by molar-refractivity contribution is 0.102. The monoisotopic (exact) mass is 465 g/mol. The standard InChI is InChI=1S/C22H19N5O3S2/c1-27(2)32(29,30)18-10-8-15(9-11-18)19-14-31-22(25-19)26-21(28)17-12-23-20(24-13-17)16-6-4-3-5-7-16/h3-14H,1-2H3,(H,25,26,28). The van der Waals surface area contributed by atoms with Crippen molar-refractivity contribution in [2.45, 2.75) is 4.90 Å². The third kappa shape index (κ3) is 4.57. The van der Waals surface area contributed by atoms with Gasteiger partial charge in [0.1, 0.15) is 0 Å². The van der Waals surface area contributed by atoms with Crippen LogP contribution in [-0.4, -0.2) is 47.7 Å². The highest BCUT2D eigenvalue weighted by molar-refractivity contribution is 7.89. The zero-order valence-electron chi connectivity index (χ0n) is 17.3. The molecule has 162 valence electrons. The van der Waals surface area contributed by atoms with Gasteiger partial charge in [-0.25, -0.2) is 27.7 Å². The summed E-state index contributed by atoms with van der Waals surface area (Å²) >= 11 is 1.27. The Hall–Kier alpha value is -3.47. The van der Waals surface area contributed by atoms with E-state index in [0.29, 0.717) is 22.2 Å². The summed E-state index contributed by atoms with van der Waals surface area (Å²) in [4.78, 5) is 25.7. The van der Waals surface area contributed by atoms with Crippen molar-refractivity contribution < 1.29 is 13.2 Å². The zero-order valence-corrected chi connectivity index (χ0v) is 18.9. The van der Waals surface area contributed by atoms with Gasteiger partial charge in [0, 0.05) is 43.0 Å². The first-order valence-corrected chi connectivity index (χ1v) is 11.8. The van der Waals surface area contributed by atoms with Crippen molar-refractivity contribution in [1.82, 2.24) is 19.3 Å². The van der Waals surface area contributed by atoms with Gasteiger partial charge in [0.15, 0.2) is 11.0 Å². The van der Waals surface area contributed by atoms with Gasteiger partial charge in [-0.3, -0.25) is 10.1 Å². The Morgan fingerprint density at radius 2 is 1.59 bits per heavy atom. The van der Waals surface area contributed by atoms with E-state index in [1.54, 1.807) is 17.5 Å². The van der Waals surface area contributed by atoms with E-state index < -0.39 is 10.0 Å². The van der Waals surface area contributed by atoms with Crippen LogP contribution in [0.15, 0.2) is 77.3 Å². The molecule has 0 saturated heterocycles. The second-order valence-electron chi connectivity index (χ2n) is 6.97. The van der Waals surface area contributed by atoms with Crippen molar-refractivity contribution in [3.05, 3.63) is 77.9 Å². The van der Waals surface area contributed by atoms with Crippen LogP contribution in [-0.2, 0) is 10.0 Å². The molecule has 0 bridgehead atoms. The molecule has 10 heteroatoms. The summed E-state index contributed by atoms with van der Waals surface area (Å²) in [7, 11) is -0.521. The molecule has 0 aliphatic rings. The summed E-state index contributed by atoms with van der Waals surface area (Å²) in [6.45, 7) is 0. The molecule has 0 spiro atoms. The van der Waals surface area contributed by atoms with Crippen LogP contribution in [0.4, 0.5) is 5.13 Å². The van der Waals surface area contributed by atoms with E-state index in [9.17, 15) is 13.2 Å². The minimum absolute atomic E-state index is 0.203. The lowest BCUT2D eigenvalue weighted by Crippen LogP contribution is -2.22. The average molecular weight is 466 g/mol. The normalized spacial score (nSPS) is 11.5. The number of rotatable bonds is 6. The molecule has 1 amide bonds. The predicted molar refractivity (Wildman–Crippen MR) is 124 cm³/mol. The van der Waals surface area contributed by atoms with Gasteiger partial charge in [0.2, 0.25) is 10.0 Å². The molecule has 2 aromatic heterocycles. The van der Waals surface area contributed by atoms with E-state index in [4.69, 9.17) is 0 Å². The second kappa shape index (κ2) is 8.95. The first-order chi connectivity index (χ1) is 15.3. The summed E-state index contributed by atoms with van der Waals surface area (Å²) < 4.78 is 25.6. The Kier molecular flexibility index (Phi) is 6.08. The van der Waals surface area contributed by atoms with Gasteiger partial charge in [-0.05, 0) is 12.1 Å². The van der Waals surface area contributed by atoms with Crippen LogP contribution < -0.4 is 5.32 Å². The van der Waals surface area contributed by atoms with E-state index >= 15 is 0 Å². The molecule has 0 aliphatic heterocycles. The average Bonchev–Trinajstić information content (AvgIpc) is 3.28. The van der Waals surface area contributed by atoms with Gasteiger partial charge < -0.3 is 0 Å². The Bertz CT molecular complexity index is 1330. The van der Waals surface area contributed by atoms with Crippen molar-refractivity contribution in [3.8, 4) is 22.6 Å². The van der Waals surface area contributed by atoms with Gasteiger partial charge in [0.05, 0.1) is 16.2 Å². The third-order valence-electron chi connectivity index (χ3n) is 4.60. The molecular formula is C22H19N5O3S2. The number of thiazole rings is 1. The number of anilines is 1. The van der Waals surface area contributed by atoms with Crippen LogP contribution >= 0.6 is 11.3 Å². The molecule has 0 saturated carbocycles. The van der Waals surface area contributed by atoms with Gasteiger partial charge in [0.25, 0.3) is 5.91 Å². The number of hydrogen-bond donors (Lipinski definition) is 1. The van der Waals surface area contributed by atoms with E-state index in [0.717, 1.165) is 15.4 Å². The minimum atomic E-state index is -3.49. The Morgan fingerprint density at radius 1 is 0.938 bits per heavy atom.